The van der Waals surface area contributed by atoms with Crippen molar-refractivity contribution in [3.05, 3.63) is 0 Å². The summed E-state index contributed by atoms with van der Waals surface area (Å²) in [6, 6.07) is 0.371. The highest BCUT2D eigenvalue weighted by Crippen LogP contribution is 2.17. The fraction of sp³-hybridized carbons (Fsp3) is 1.00. The Balaban J connectivity index is 2.49. The van der Waals surface area contributed by atoms with E-state index in [-0.39, 0.29) is 0 Å². The van der Waals surface area contributed by atoms with Gasteiger partial charge in [0.15, 0.2) is 0 Å². The van der Waals surface area contributed by atoms with Gasteiger partial charge in [0, 0.05) is 24.9 Å². The van der Waals surface area contributed by atoms with Crippen LogP contribution in [0.1, 0.15) is 19.8 Å². The molecular formula is C7H16N2OS. The van der Waals surface area contributed by atoms with Gasteiger partial charge in [0.05, 0.1) is 11.0 Å². The molecule has 2 atom stereocenters. The molecule has 0 amide bonds. The summed E-state index contributed by atoms with van der Waals surface area (Å²) in [6.45, 7) is 3.55. The van der Waals surface area contributed by atoms with E-state index < -0.39 is 11.0 Å². The fourth-order valence-corrected chi connectivity index (χ4v) is 2.67. The van der Waals surface area contributed by atoms with Crippen LogP contribution in [0.3, 0.4) is 0 Å². The first-order valence-electron chi connectivity index (χ1n) is 4.14. The Bertz CT molecular complexity index is 151. The maximum Gasteiger partial charge on any atom is 0.0942 e. The molecule has 0 aromatic rings. The minimum absolute atomic E-state index is 0.371. The first kappa shape index (κ1) is 9.16. The van der Waals surface area contributed by atoms with Crippen molar-refractivity contribution in [3.8, 4) is 0 Å². The zero-order chi connectivity index (χ0) is 8.27. The lowest BCUT2D eigenvalue weighted by atomic mass is 10.2. The van der Waals surface area contributed by atoms with Gasteiger partial charge in [0.25, 0.3) is 0 Å². The average molecular weight is 176 g/mol. The van der Waals surface area contributed by atoms with Gasteiger partial charge in [-0.15, -0.1) is 0 Å². The van der Waals surface area contributed by atoms with Gasteiger partial charge in [-0.3, -0.25) is 0 Å². The molecule has 2 unspecified atom stereocenters. The molecule has 4 heteroatoms. The largest absolute Gasteiger partial charge is 0.329 e. The summed E-state index contributed by atoms with van der Waals surface area (Å²) < 4.78 is 13.4. The van der Waals surface area contributed by atoms with Crippen molar-refractivity contribution in [1.82, 2.24) is 4.31 Å². The summed E-state index contributed by atoms with van der Waals surface area (Å²) in [6.07, 6.45) is 2.26. The molecule has 0 radical (unpaired) electrons. The number of nitrogens with two attached hydrogens (primary N) is 1. The van der Waals surface area contributed by atoms with Crippen molar-refractivity contribution in [3.63, 3.8) is 0 Å². The molecule has 1 fully saturated rings. The van der Waals surface area contributed by atoms with E-state index in [1.807, 2.05) is 11.2 Å². The lowest BCUT2D eigenvalue weighted by Gasteiger charge is -2.20. The molecule has 0 aromatic heterocycles. The summed E-state index contributed by atoms with van der Waals surface area (Å²) in [5.74, 6) is 0.719. The zero-order valence-corrected chi connectivity index (χ0v) is 7.77. The van der Waals surface area contributed by atoms with Crippen LogP contribution in [-0.4, -0.2) is 33.4 Å². The Hall–Kier alpha value is 0.0700. The fourth-order valence-electron chi connectivity index (χ4n) is 1.48. The van der Waals surface area contributed by atoms with Crippen molar-refractivity contribution in [2.24, 2.45) is 5.73 Å². The number of rotatable bonds is 3. The third kappa shape index (κ3) is 2.01. The van der Waals surface area contributed by atoms with Crippen LogP contribution in [-0.2, 0) is 11.0 Å². The Labute approximate surface area is 70.5 Å². The monoisotopic (exact) mass is 176 g/mol. The molecule has 0 aromatic carbocycles. The van der Waals surface area contributed by atoms with Gasteiger partial charge in [0.2, 0.25) is 0 Å². The summed E-state index contributed by atoms with van der Waals surface area (Å²) in [7, 11) is -0.779. The molecule has 1 aliphatic rings. The second-order valence-electron chi connectivity index (χ2n) is 2.78. The minimum Gasteiger partial charge on any atom is -0.329 e. The van der Waals surface area contributed by atoms with E-state index in [1.54, 1.807) is 0 Å². The first-order chi connectivity index (χ1) is 5.29. The predicted molar refractivity (Wildman–Crippen MR) is 47.5 cm³/mol. The Morgan fingerprint density at radius 2 is 2.45 bits per heavy atom. The van der Waals surface area contributed by atoms with Crippen LogP contribution in [0, 0.1) is 0 Å². The Morgan fingerprint density at radius 1 is 1.73 bits per heavy atom. The summed E-state index contributed by atoms with van der Waals surface area (Å²) >= 11 is 0. The third-order valence-corrected chi connectivity index (χ3v) is 3.60. The van der Waals surface area contributed by atoms with Crippen LogP contribution in [0.2, 0.25) is 0 Å². The number of hydrogen-bond acceptors (Lipinski definition) is 2. The van der Waals surface area contributed by atoms with Crippen molar-refractivity contribution < 1.29 is 4.21 Å². The lowest BCUT2D eigenvalue weighted by Crippen LogP contribution is -2.37. The van der Waals surface area contributed by atoms with E-state index in [2.05, 4.69) is 0 Å². The van der Waals surface area contributed by atoms with E-state index >= 15 is 0 Å². The van der Waals surface area contributed by atoms with Gasteiger partial charge < -0.3 is 5.73 Å². The molecule has 66 valence electrons. The van der Waals surface area contributed by atoms with Crippen molar-refractivity contribution in [2.45, 2.75) is 25.8 Å². The minimum atomic E-state index is -0.779. The molecule has 3 nitrogen and oxygen atoms in total. The van der Waals surface area contributed by atoms with Crippen LogP contribution in [0.5, 0.6) is 0 Å². The van der Waals surface area contributed by atoms with Crippen LogP contribution in [0.15, 0.2) is 0 Å². The maximum atomic E-state index is 11.4. The number of nitrogens with zero attached hydrogens (tertiary/aromatic N) is 1. The summed E-state index contributed by atoms with van der Waals surface area (Å²) in [5.41, 5.74) is 5.54. The Morgan fingerprint density at radius 3 is 3.00 bits per heavy atom. The topological polar surface area (TPSA) is 46.3 Å². The van der Waals surface area contributed by atoms with E-state index in [9.17, 15) is 4.21 Å². The lowest BCUT2D eigenvalue weighted by molar-refractivity contribution is 0.422. The van der Waals surface area contributed by atoms with Crippen molar-refractivity contribution in [1.29, 1.82) is 0 Å². The van der Waals surface area contributed by atoms with Crippen molar-refractivity contribution in [2.75, 3.05) is 18.8 Å². The molecule has 2 N–H and O–H groups in total. The van der Waals surface area contributed by atoms with Gasteiger partial charge in [-0.2, -0.15) is 0 Å². The molecule has 1 rings (SSSR count). The number of hydrogen-bond donors (Lipinski definition) is 1. The molecule has 0 spiro atoms. The molecule has 0 saturated carbocycles. The highest BCUT2D eigenvalue weighted by atomic mass is 32.2. The molecule has 0 aliphatic carbocycles. The van der Waals surface area contributed by atoms with Crippen LogP contribution < -0.4 is 5.73 Å². The summed E-state index contributed by atoms with van der Waals surface area (Å²) in [5, 5.41) is 0. The van der Waals surface area contributed by atoms with E-state index in [4.69, 9.17) is 5.73 Å². The second kappa shape index (κ2) is 4.18. The molecule has 11 heavy (non-hydrogen) atoms. The van der Waals surface area contributed by atoms with Gasteiger partial charge in [0.1, 0.15) is 0 Å². The SMILES string of the molecule is CCS(=O)N1CCCC1CN. The smallest absolute Gasteiger partial charge is 0.0942 e. The highest BCUT2D eigenvalue weighted by molar-refractivity contribution is 7.82. The van der Waals surface area contributed by atoms with Crippen molar-refractivity contribution >= 4 is 11.0 Å². The predicted octanol–water partition coefficient (Wildman–Crippen LogP) is 0.0931. The molecule has 1 heterocycles. The van der Waals surface area contributed by atoms with Crippen LogP contribution >= 0.6 is 0 Å². The van der Waals surface area contributed by atoms with Gasteiger partial charge in [-0.25, -0.2) is 8.51 Å². The zero-order valence-electron chi connectivity index (χ0n) is 6.95. The van der Waals surface area contributed by atoms with E-state index in [1.165, 1.54) is 0 Å². The quantitative estimate of drug-likeness (QED) is 0.662. The molecule has 0 bridgehead atoms. The van der Waals surface area contributed by atoms with Crippen LogP contribution in [0.25, 0.3) is 0 Å². The van der Waals surface area contributed by atoms with Gasteiger partial charge in [-0.05, 0) is 12.8 Å². The van der Waals surface area contributed by atoms with Crippen LogP contribution in [0.4, 0.5) is 0 Å². The average Bonchev–Trinajstić information content (AvgIpc) is 2.50. The Kier molecular flexibility index (Phi) is 3.48. The summed E-state index contributed by atoms with van der Waals surface area (Å²) in [4.78, 5) is 0. The molecule has 1 saturated heterocycles. The van der Waals surface area contributed by atoms with Gasteiger partial charge in [-0.1, -0.05) is 6.92 Å². The molecular weight excluding hydrogens is 160 g/mol. The van der Waals surface area contributed by atoms with E-state index in [0.717, 1.165) is 25.1 Å². The third-order valence-electron chi connectivity index (χ3n) is 2.10. The maximum absolute atomic E-state index is 11.4. The normalized spacial score (nSPS) is 29.1. The highest BCUT2D eigenvalue weighted by Gasteiger charge is 2.26. The van der Waals surface area contributed by atoms with E-state index in [0.29, 0.717) is 12.6 Å². The first-order valence-corrected chi connectivity index (χ1v) is 5.42. The van der Waals surface area contributed by atoms with Gasteiger partial charge >= 0.3 is 0 Å². The second-order valence-corrected chi connectivity index (χ2v) is 4.47. The standard InChI is InChI=1S/C7H16N2OS/c1-2-11(10)9-5-3-4-7(9)6-8/h7H,2-6,8H2,1H3. The molecule has 1 aliphatic heterocycles.